The Kier molecular flexibility index (Phi) is 11.3. The van der Waals surface area contributed by atoms with Crippen molar-refractivity contribution in [3.8, 4) is 6.07 Å². The number of amidine groups is 1. The molecular formula is C32H51N7O6PSi+. The smallest absolute Gasteiger partial charge is 0.347 e. The summed E-state index contributed by atoms with van der Waals surface area (Å²) in [5, 5.41) is 20.0. The molecule has 1 aromatic rings. The molecule has 0 spiro atoms. The highest BCUT2D eigenvalue weighted by molar-refractivity contribution is 7.63. The number of fused-ring (bicyclic) bond motifs is 1. The van der Waals surface area contributed by atoms with E-state index in [9.17, 15) is 20.1 Å². The maximum Gasteiger partial charge on any atom is 0.347 e. The van der Waals surface area contributed by atoms with Crippen molar-refractivity contribution in [3.63, 3.8) is 0 Å². The number of carbonyl (C=O) groups excluding carboxylic acids is 1. The number of aliphatic hydroxyl groups is 1. The molecule has 0 saturated carbocycles. The van der Waals surface area contributed by atoms with Gasteiger partial charge in [-0.1, -0.05) is 51.1 Å². The van der Waals surface area contributed by atoms with E-state index in [1.165, 1.54) is 6.34 Å². The average Bonchev–Trinajstić information content (AvgIpc) is 3.57. The topological polar surface area (TPSA) is 179 Å². The van der Waals surface area contributed by atoms with Gasteiger partial charge in [0.2, 0.25) is 11.4 Å². The molecule has 4 N–H and O–H groups in total. The minimum absolute atomic E-state index is 0.0450. The van der Waals surface area contributed by atoms with Crippen molar-refractivity contribution in [2.75, 3.05) is 19.4 Å². The Hall–Kier alpha value is -2.44. The largest absolute Gasteiger partial charge is 0.406 e. The summed E-state index contributed by atoms with van der Waals surface area (Å²) in [7, 11) is -5.95. The molecule has 1 aromatic carbocycles. The number of ketones is 1. The quantitative estimate of drug-likeness (QED) is 0.156. The Labute approximate surface area is 280 Å². The fourth-order valence-electron chi connectivity index (χ4n) is 6.07. The number of hydrogen-bond donors (Lipinski definition) is 3. The number of hydrogen-bond acceptors (Lipinski definition) is 13. The van der Waals surface area contributed by atoms with E-state index in [1.807, 2.05) is 38.4 Å². The molecule has 2 unspecified atom stereocenters. The zero-order chi connectivity index (χ0) is 34.9. The molecule has 4 rings (SSSR count). The first kappa shape index (κ1) is 37.4. The molecule has 3 aliphatic heterocycles. The number of aliphatic hydroxyl groups excluding tert-OH is 1. The van der Waals surface area contributed by atoms with Crippen LogP contribution in [0.4, 0.5) is 0 Å². The minimum atomic E-state index is -3.41. The summed E-state index contributed by atoms with van der Waals surface area (Å²) in [6.45, 7) is 18.1. The number of rotatable bonds is 13. The molecule has 0 amide bonds. The van der Waals surface area contributed by atoms with Gasteiger partial charge in [-0.25, -0.2) is 14.9 Å². The molecule has 0 aromatic heterocycles. The number of nitriles is 1. The maximum atomic E-state index is 13.7. The third-order valence-corrected chi connectivity index (χ3v) is 16.8. The van der Waals surface area contributed by atoms with Gasteiger partial charge in [-0.3, -0.25) is 15.5 Å². The molecule has 13 nitrogen and oxygen atoms in total. The number of Topliss-reactive ketones (excluding diaryl/α,β-unsaturated/α-hetero) is 1. The summed E-state index contributed by atoms with van der Waals surface area (Å²) in [4.78, 5) is 41.2. The first-order chi connectivity index (χ1) is 21.9. The van der Waals surface area contributed by atoms with Crippen LogP contribution < -0.4 is 5.73 Å². The number of benzene rings is 1. The van der Waals surface area contributed by atoms with Gasteiger partial charge in [0.05, 0.1) is 19.1 Å². The van der Waals surface area contributed by atoms with Crippen molar-refractivity contribution in [3.05, 3.63) is 35.9 Å². The van der Waals surface area contributed by atoms with Gasteiger partial charge in [-0.05, 0) is 45.8 Å². The van der Waals surface area contributed by atoms with Crippen LogP contribution in [0.25, 0.3) is 0 Å². The predicted octanol–water partition coefficient (Wildman–Crippen LogP) is 3.96. The molecule has 47 heavy (non-hydrogen) atoms. The lowest BCUT2D eigenvalue weighted by atomic mass is 9.93. The van der Waals surface area contributed by atoms with Gasteiger partial charge >= 0.3 is 7.87 Å². The highest BCUT2D eigenvalue weighted by Gasteiger charge is 2.61. The highest BCUT2D eigenvalue weighted by atomic mass is 31.2. The second kappa shape index (κ2) is 14.2. The molecule has 258 valence electrons. The van der Waals surface area contributed by atoms with Gasteiger partial charge < -0.3 is 19.2 Å². The summed E-state index contributed by atoms with van der Waals surface area (Å²) in [6, 6.07) is 10.6. The van der Waals surface area contributed by atoms with Crippen LogP contribution in [0.3, 0.4) is 0 Å². The van der Waals surface area contributed by atoms with Gasteiger partial charge in [-0.15, -0.1) is 4.67 Å². The van der Waals surface area contributed by atoms with Crippen molar-refractivity contribution < 1.29 is 28.5 Å². The molecule has 3 heterocycles. The van der Waals surface area contributed by atoms with Crippen molar-refractivity contribution >= 4 is 39.9 Å². The molecule has 3 aliphatic rings. The van der Waals surface area contributed by atoms with Crippen LogP contribution in [-0.2, 0) is 13.7 Å². The Morgan fingerprint density at radius 3 is 2.43 bits per heavy atom. The van der Waals surface area contributed by atoms with E-state index in [1.54, 1.807) is 29.2 Å². The molecule has 1 fully saturated rings. The second-order valence-corrected chi connectivity index (χ2v) is 21.5. The lowest BCUT2D eigenvalue weighted by molar-refractivity contribution is -0.0666. The summed E-state index contributed by atoms with van der Waals surface area (Å²) >= 11 is 0. The molecule has 6 atom stereocenters. The molecule has 0 bridgehead atoms. The van der Waals surface area contributed by atoms with Gasteiger partial charge in [0, 0.05) is 17.6 Å². The van der Waals surface area contributed by atoms with E-state index in [4.69, 9.17) is 19.4 Å². The number of ether oxygens (including phenoxy) is 1. The van der Waals surface area contributed by atoms with Crippen LogP contribution in [0, 0.1) is 11.3 Å². The van der Waals surface area contributed by atoms with Crippen LogP contribution in [0.2, 0.25) is 18.1 Å². The summed E-state index contributed by atoms with van der Waals surface area (Å²) in [5.41, 5.74) is 5.49. The Morgan fingerprint density at radius 1 is 1.23 bits per heavy atom. The van der Waals surface area contributed by atoms with E-state index >= 15 is 0 Å². The summed E-state index contributed by atoms with van der Waals surface area (Å²) < 4.78 is 22.3. The van der Waals surface area contributed by atoms with Crippen LogP contribution in [0.1, 0.15) is 65.2 Å². The Balaban J connectivity index is 1.76. The van der Waals surface area contributed by atoms with E-state index < -0.39 is 58.8 Å². The first-order valence-electron chi connectivity index (χ1n) is 16.1. The van der Waals surface area contributed by atoms with E-state index in [2.05, 4.69) is 54.9 Å². The van der Waals surface area contributed by atoms with Gasteiger partial charge in [0.15, 0.2) is 26.5 Å². The van der Waals surface area contributed by atoms with Gasteiger partial charge in [0.1, 0.15) is 37.1 Å². The second-order valence-electron chi connectivity index (χ2n) is 14.3. The maximum absolute atomic E-state index is 13.7. The molecule has 1 saturated heterocycles. The fourth-order valence-corrected chi connectivity index (χ4v) is 10.3. The zero-order valence-electron chi connectivity index (χ0n) is 29.0. The van der Waals surface area contributed by atoms with Gasteiger partial charge in [-0.2, -0.15) is 9.79 Å². The monoisotopic (exact) mass is 688 g/mol. The van der Waals surface area contributed by atoms with Crippen LogP contribution in [0.5, 0.6) is 0 Å². The first-order valence-corrected chi connectivity index (χ1v) is 20.8. The van der Waals surface area contributed by atoms with Crippen molar-refractivity contribution in [2.45, 2.75) is 115 Å². The van der Waals surface area contributed by atoms with Crippen molar-refractivity contribution in [1.82, 2.24) is 9.57 Å². The standard InChI is InChI=1S/C32H51N7O6PSi/c1-21(2)39(22(3)4)46(42,17-13-16-33)44-25-24(18-40)43-30(26(25)45-47(8,9)31(5,6)7)38-20-36-27-29(38)35-19-37-32(27,34)28(41)23-14-11-10-12-15-23/h10-12,14-15,19,21-22,24-26,30,40,42H,13,17-18,20,34H2,1-9H3/q+1/t24-,25-,26-,30-,32?,46?/m1/s1. The lowest BCUT2D eigenvalue weighted by Crippen LogP contribution is -2.60. The van der Waals surface area contributed by atoms with E-state index in [0.717, 1.165) is 0 Å². The van der Waals surface area contributed by atoms with E-state index in [-0.39, 0.29) is 42.1 Å². The average molecular weight is 689 g/mol. The molecule has 15 heteroatoms. The Morgan fingerprint density at radius 2 is 1.87 bits per heavy atom. The lowest BCUT2D eigenvalue weighted by Gasteiger charge is -2.43. The third kappa shape index (κ3) is 7.29. The SMILES string of the molecule is CC(C)N(C(C)C)[P+](O)(CCC#N)O[C@H]1[C@@H](O[Si](C)(C)C(C)(C)C)[C@H](N2CN=C3C2=NC=NC3(N)C(=O)c2ccccc2)O[C@@H]1CO. The summed E-state index contributed by atoms with van der Waals surface area (Å²) in [6.07, 6.45) is -2.02. The molecular weight excluding hydrogens is 637 g/mol. The molecule has 0 radical (unpaired) electrons. The number of carbonyl (C=O) groups is 1. The van der Waals surface area contributed by atoms with E-state index in [0.29, 0.717) is 11.4 Å². The Bertz CT molecular complexity index is 1420. The third-order valence-electron chi connectivity index (χ3n) is 9.28. The number of aliphatic imine (C=N–C) groups is 3. The normalized spacial score (nSPS) is 27.6. The number of nitrogens with zero attached hydrogens (tertiary/aromatic N) is 6. The summed E-state index contributed by atoms with van der Waals surface area (Å²) in [5.74, 6) is -0.105. The van der Waals surface area contributed by atoms with Crippen LogP contribution >= 0.6 is 7.87 Å². The number of nitrogens with two attached hydrogens (primary N) is 1. The highest BCUT2D eigenvalue weighted by Crippen LogP contribution is 2.63. The van der Waals surface area contributed by atoms with Crippen LogP contribution in [0.15, 0.2) is 45.3 Å². The molecule has 0 aliphatic carbocycles. The minimum Gasteiger partial charge on any atom is -0.406 e. The fraction of sp³-hybridized carbons (Fsp3) is 0.656. The predicted molar refractivity (Wildman–Crippen MR) is 187 cm³/mol. The zero-order valence-corrected chi connectivity index (χ0v) is 30.9. The van der Waals surface area contributed by atoms with Gasteiger partial charge in [0.25, 0.3) is 0 Å². The van der Waals surface area contributed by atoms with Crippen molar-refractivity contribution in [1.29, 1.82) is 5.26 Å². The van der Waals surface area contributed by atoms with Crippen LogP contribution in [-0.4, -0.2) is 113 Å². The van der Waals surface area contributed by atoms with Crippen molar-refractivity contribution in [2.24, 2.45) is 20.7 Å².